The number of carbonyl (C=O) groups excluding carboxylic acids is 1. The minimum absolute atomic E-state index is 0.0275. The monoisotopic (exact) mass is 415 g/mol. The normalized spacial score (nSPS) is 18.1. The minimum atomic E-state index is -0.981. The van der Waals surface area contributed by atoms with Crippen molar-refractivity contribution in [3.8, 4) is 22.6 Å². The quantitative estimate of drug-likeness (QED) is 0.572. The number of hydrogen-bond acceptors (Lipinski definition) is 4. The third-order valence-corrected chi connectivity index (χ3v) is 7.07. The number of rotatable bonds is 2. The van der Waals surface area contributed by atoms with E-state index in [1.165, 1.54) is 23.3 Å². The average molecular weight is 415 g/mol. The Morgan fingerprint density at radius 1 is 0.968 bits per heavy atom. The van der Waals surface area contributed by atoms with Crippen LogP contribution in [0.3, 0.4) is 0 Å². The van der Waals surface area contributed by atoms with Crippen molar-refractivity contribution in [3.05, 3.63) is 64.2 Å². The second-order valence-corrected chi connectivity index (χ2v) is 10.0. The summed E-state index contributed by atoms with van der Waals surface area (Å²) in [5.41, 5.74) is 6.56. The summed E-state index contributed by atoms with van der Waals surface area (Å²) >= 11 is 0. The first-order valence-electron chi connectivity index (χ1n) is 10.6. The van der Waals surface area contributed by atoms with Crippen LogP contribution in [-0.4, -0.2) is 22.0 Å². The Kier molecular flexibility index (Phi) is 4.07. The Hall–Kier alpha value is -3.21. The topological polar surface area (TPSA) is 80.4 Å². The number of nitrogens with zero attached hydrogens (tertiary/aromatic N) is 1. The van der Waals surface area contributed by atoms with Crippen molar-refractivity contribution in [2.45, 2.75) is 57.8 Å². The van der Waals surface area contributed by atoms with Crippen molar-refractivity contribution in [2.75, 3.05) is 0 Å². The van der Waals surface area contributed by atoms with Gasteiger partial charge in [0.2, 0.25) is 0 Å². The predicted molar refractivity (Wildman–Crippen MR) is 118 cm³/mol. The highest BCUT2D eigenvalue weighted by Gasteiger charge is 2.40. The lowest BCUT2D eigenvalue weighted by atomic mass is 9.62. The van der Waals surface area contributed by atoms with Crippen LogP contribution in [0.4, 0.5) is 0 Å². The van der Waals surface area contributed by atoms with E-state index < -0.39 is 5.97 Å². The predicted octanol–water partition coefficient (Wildman–Crippen LogP) is 5.79. The Labute approximate surface area is 181 Å². The van der Waals surface area contributed by atoms with Gasteiger partial charge in [0.05, 0.1) is 5.56 Å². The van der Waals surface area contributed by atoms with Gasteiger partial charge in [-0.05, 0) is 59.1 Å². The van der Waals surface area contributed by atoms with Gasteiger partial charge in [-0.1, -0.05) is 45.0 Å². The van der Waals surface area contributed by atoms with Gasteiger partial charge in [0.15, 0.2) is 11.5 Å². The molecular weight excluding hydrogens is 390 g/mol. The molecule has 0 aliphatic heterocycles. The molecule has 5 rings (SSSR count). The zero-order chi connectivity index (χ0) is 22.1. The summed E-state index contributed by atoms with van der Waals surface area (Å²) in [4.78, 5) is 24.3. The molecule has 0 fully saturated rings. The van der Waals surface area contributed by atoms with Crippen LogP contribution in [0.25, 0.3) is 22.6 Å². The molecule has 1 heterocycles. The molecule has 3 aromatic rings. The Morgan fingerprint density at radius 2 is 1.55 bits per heavy atom. The van der Waals surface area contributed by atoms with Gasteiger partial charge in [-0.15, -0.1) is 0 Å². The van der Waals surface area contributed by atoms with E-state index in [9.17, 15) is 9.59 Å². The molecule has 158 valence electrons. The zero-order valence-corrected chi connectivity index (χ0v) is 18.2. The van der Waals surface area contributed by atoms with Crippen molar-refractivity contribution < 1.29 is 19.2 Å². The van der Waals surface area contributed by atoms with Gasteiger partial charge in [0.1, 0.15) is 5.69 Å². The first-order valence-corrected chi connectivity index (χ1v) is 10.6. The van der Waals surface area contributed by atoms with Crippen LogP contribution in [0.15, 0.2) is 40.9 Å². The zero-order valence-electron chi connectivity index (χ0n) is 18.2. The van der Waals surface area contributed by atoms with Gasteiger partial charge in [-0.2, -0.15) is 0 Å². The summed E-state index contributed by atoms with van der Waals surface area (Å²) in [6.45, 7) is 9.02. The summed E-state index contributed by atoms with van der Waals surface area (Å²) in [7, 11) is 0. The van der Waals surface area contributed by atoms with Crippen LogP contribution in [0.5, 0.6) is 0 Å². The van der Waals surface area contributed by atoms with E-state index in [1.807, 2.05) is 0 Å². The number of carboxylic acids is 1. The Morgan fingerprint density at radius 3 is 2.13 bits per heavy atom. The van der Waals surface area contributed by atoms with Gasteiger partial charge in [-0.3, -0.25) is 4.79 Å². The maximum atomic E-state index is 13.2. The second-order valence-electron chi connectivity index (χ2n) is 10.0. The van der Waals surface area contributed by atoms with E-state index in [-0.39, 0.29) is 28.6 Å². The molecule has 0 atom stereocenters. The van der Waals surface area contributed by atoms with Crippen molar-refractivity contribution >= 4 is 11.8 Å². The van der Waals surface area contributed by atoms with Crippen molar-refractivity contribution in [3.63, 3.8) is 0 Å². The lowest BCUT2D eigenvalue weighted by molar-refractivity contribution is 0.0696. The highest BCUT2D eigenvalue weighted by atomic mass is 16.5. The summed E-state index contributed by atoms with van der Waals surface area (Å²) < 4.78 is 5.70. The summed E-state index contributed by atoms with van der Waals surface area (Å²) in [6.07, 6.45) is 2.41. The maximum Gasteiger partial charge on any atom is 0.335 e. The fraction of sp³-hybridized carbons (Fsp3) is 0.346. The Bertz CT molecular complexity index is 1250. The molecule has 0 amide bonds. The van der Waals surface area contributed by atoms with Crippen LogP contribution in [0, 0.1) is 0 Å². The van der Waals surface area contributed by atoms with Crippen molar-refractivity contribution in [2.24, 2.45) is 0 Å². The third-order valence-electron chi connectivity index (χ3n) is 7.07. The number of carbonyl (C=O) groups is 2. The number of carboxylic acid groups (broad SMARTS) is 1. The number of benzene rings is 2. The molecule has 2 aliphatic rings. The molecule has 0 saturated carbocycles. The molecule has 0 bridgehead atoms. The van der Waals surface area contributed by atoms with Crippen molar-refractivity contribution in [1.82, 2.24) is 5.16 Å². The van der Waals surface area contributed by atoms with Crippen LogP contribution in [0.1, 0.15) is 77.9 Å². The number of hydrogen-bond donors (Lipinski definition) is 1. The molecule has 5 heteroatoms. The molecule has 1 N–H and O–H groups in total. The van der Waals surface area contributed by atoms with Gasteiger partial charge < -0.3 is 9.63 Å². The summed E-state index contributed by atoms with van der Waals surface area (Å²) in [6, 6.07) is 10.7. The average Bonchev–Trinajstić information content (AvgIpc) is 3.15. The van der Waals surface area contributed by atoms with E-state index in [0.717, 1.165) is 35.1 Å². The molecule has 2 aliphatic carbocycles. The summed E-state index contributed by atoms with van der Waals surface area (Å²) in [5, 5.41) is 13.5. The van der Waals surface area contributed by atoms with Gasteiger partial charge in [-0.25, -0.2) is 4.79 Å². The second kappa shape index (κ2) is 6.39. The molecule has 1 aromatic heterocycles. The fourth-order valence-corrected chi connectivity index (χ4v) is 4.97. The van der Waals surface area contributed by atoms with Crippen LogP contribution in [0.2, 0.25) is 0 Å². The number of aromatic carboxylic acids is 1. The largest absolute Gasteiger partial charge is 0.478 e. The SMILES string of the molecule is CC1(C)CCC(C)(C)c2cc3c(cc21)C(=O)Cc1c-3noc1-c1ccc(C(=O)O)cc1. The van der Waals surface area contributed by atoms with Crippen LogP contribution >= 0.6 is 0 Å². The number of fused-ring (bicyclic) bond motifs is 4. The molecule has 31 heavy (non-hydrogen) atoms. The molecule has 5 nitrogen and oxygen atoms in total. The summed E-state index contributed by atoms with van der Waals surface area (Å²) in [5.74, 6) is -0.384. The maximum absolute atomic E-state index is 13.2. The van der Waals surface area contributed by atoms with Gasteiger partial charge >= 0.3 is 5.97 Å². The highest BCUT2D eigenvalue weighted by molar-refractivity contribution is 6.08. The van der Waals surface area contributed by atoms with E-state index in [4.69, 9.17) is 9.63 Å². The smallest absolute Gasteiger partial charge is 0.335 e. The van der Waals surface area contributed by atoms with E-state index in [0.29, 0.717) is 11.5 Å². The van der Waals surface area contributed by atoms with Gasteiger partial charge in [0, 0.05) is 28.7 Å². The molecule has 0 spiro atoms. The molecule has 0 radical (unpaired) electrons. The molecule has 0 saturated heterocycles. The Balaban J connectivity index is 1.68. The molecule has 2 aromatic carbocycles. The van der Waals surface area contributed by atoms with Crippen LogP contribution < -0.4 is 0 Å². The van der Waals surface area contributed by atoms with E-state index >= 15 is 0 Å². The first kappa shape index (κ1) is 19.7. The third kappa shape index (κ3) is 2.94. The lowest BCUT2D eigenvalue weighted by Crippen LogP contribution is -2.34. The minimum Gasteiger partial charge on any atom is -0.478 e. The first-order chi connectivity index (χ1) is 14.6. The lowest BCUT2D eigenvalue weighted by Gasteiger charge is -2.42. The molecule has 0 unspecified atom stereocenters. The van der Waals surface area contributed by atoms with Gasteiger partial charge in [0.25, 0.3) is 0 Å². The highest BCUT2D eigenvalue weighted by Crippen LogP contribution is 2.49. The van der Waals surface area contributed by atoms with E-state index in [2.05, 4.69) is 45.0 Å². The van der Waals surface area contributed by atoms with Crippen LogP contribution in [-0.2, 0) is 17.3 Å². The van der Waals surface area contributed by atoms with E-state index in [1.54, 1.807) is 12.1 Å². The number of Topliss-reactive ketones (excluding diaryl/α,β-unsaturated/α-hetero) is 1. The molecular formula is C26H25NO4. The number of aromatic nitrogens is 1. The van der Waals surface area contributed by atoms with Crippen molar-refractivity contribution in [1.29, 1.82) is 0 Å². The standard InChI is InChI=1S/C26H25NO4/c1-25(2)9-10-26(3,4)20-12-17-16(11-19(20)25)21(28)13-18-22(17)27-31-23(18)14-5-7-15(8-6-14)24(29)30/h5-8,11-12H,9-10,13H2,1-4H3,(H,29,30). The number of ketones is 1. The fourth-order valence-electron chi connectivity index (χ4n) is 4.97.